The Labute approximate surface area is 141 Å². The van der Waals surface area contributed by atoms with E-state index in [0.29, 0.717) is 12.2 Å². The summed E-state index contributed by atoms with van der Waals surface area (Å²) in [7, 11) is 0. The molecule has 0 bridgehead atoms. The van der Waals surface area contributed by atoms with Crippen LogP contribution in [0.3, 0.4) is 0 Å². The number of benzene rings is 1. The van der Waals surface area contributed by atoms with Crippen LogP contribution < -0.4 is 5.32 Å². The minimum Gasteiger partial charge on any atom is -0.393 e. The van der Waals surface area contributed by atoms with Crippen molar-refractivity contribution in [2.75, 3.05) is 26.2 Å². The van der Waals surface area contributed by atoms with Gasteiger partial charge in [0.15, 0.2) is 0 Å². The van der Waals surface area contributed by atoms with Gasteiger partial charge < -0.3 is 15.3 Å². The molecule has 1 aromatic carbocycles. The van der Waals surface area contributed by atoms with E-state index in [1.807, 2.05) is 30.3 Å². The standard InChI is InChI=1S/C18H24N4O2/c23-15-7-11-22(12-8-15)10-4-9-19-18(24)17-13-16(20-21-17)14-5-2-1-3-6-14/h1-3,5-6,13,15,23H,4,7-12H2,(H,19,24)(H,20,21). The Bertz CT molecular complexity index is 648. The number of amides is 1. The largest absolute Gasteiger partial charge is 0.393 e. The van der Waals surface area contributed by atoms with Crippen molar-refractivity contribution in [2.24, 2.45) is 0 Å². The van der Waals surface area contributed by atoms with Crippen LogP contribution in [-0.4, -0.2) is 58.4 Å². The highest BCUT2D eigenvalue weighted by atomic mass is 16.3. The molecule has 3 rings (SSSR count). The highest BCUT2D eigenvalue weighted by molar-refractivity contribution is 5.93. The summed E-state index contributed by atoms with van der Waals surface area (Å²) in [6, 6.07) is 11.6. The Morgan fingerprint density at radius 3 is 2.79 bits per heavy atom. The maximum atomic E-state index is 12.2. The molecule has 128 valence electrons. The fraction of sp³-hybridized carbons (Fsp3) is 0.444. The van der Waals surface area contributed by atoms with E-state index in [2.05, 4.69) is 20.4 Å². The number of aliphatic hydroxyl groups excluding tert-OH is 1. The number of nitrogens with one attached hydrogen (secondary N) is 2. The summed E-state index contributed by atoms with van der Waals surface area (Å²) < 4.78 is 0. The van der Waals surface area contributed by atoms with Gasteiger partial charge in [-0.1, -0.05) is 30.3 Å². The maximum Gasteiger partial charge on any atom is 0.269 e. The number of carbonyl (C=O) groups is 1. The van der Waals surface area contributed by atoms with Crippen LogP contribution in [0.15, 0.2) is 36.4 Å². The third-order valence-electron chi connectivity index (χ3n) is 4.39. The molecule has 24 heavy (non-hydrogen) atoms. The number of rotatable bonds is 6. The van der Waals surface area contributed by atoms with E-state index in [1.54, 1.807) is 6.07 Å². The molecular formula is C18H24N4O2. The van der Waals surface area contributed by atoms with Gasteiger partial charge in [0.05, 0.1) is 11.8 Å². The number of hydrogen-bond donors (Lipinski definition) is 3. The minimum absolute atomic E-state index is 0.126. The molecule has 2 heterocycles. The molecule has 2 aromatic rings. The van der Waals surface area contributed by atoms with Crippen molar-refractivity contribution in [3.63, 3.8) is 0 Å². The molecule has 1 aliphatic heterocycles. The molecule has 1 fully saturated rings. The number of carbonyl (C=O) groups excluding carboxylic acids is 1. The van der Waals surface area contributed by atoms with Gasteiger partial charge in [0.1, 0.15) is 5.69 Å². The van der Waals surface area contributed by atoms with E-state index >= 15 is 0 Å². The summed E-state index contributed by atoms with van der Waals surface area (Å²) >= 11 is 0. The number of nitrogens with zero attached hydrogens (tertiary/aromatic N) is 2. The SMILES string of the molecule is O=C(NCCCN1CCC(O)CC1)c1cc(-c2ccccc2)n[nH]1. The summed E-state index contributed by atoms with van der Waals surface area (Å²) in [4.78, 5) is 14.5. The van der Waals surface area contributed by atoms with E-state index in [1.165, 1.54) is 0 Å². The van der Waals surface area contributed by atoms with Crippen LogP contribution in [-0.2, 0) is 0 Å². The second-order valence-electron chi connectivity index (χ2n) is 6.22. The first-order chi connectivity index (χ1) is 11.7. The molecule has 0 radical (unpaired) electrons. The molecule has 0 saturated carbocycles. The van der Waals surface area contributed by atoms with Crippen molar-refractivity contribution in [2.45, 2.75) is 25.4 Å². The Hall–Kier alpha value is -2.18. The van der Waals surface area contributed by atoms with Gasteiger partial charge in [-0.05, 0) is 31.9 Å². The van der Waals surface area contributed by atoms with Gasteiger partial charge >= 0.3 is 0 Å². The van der Waals surface area contributed by atoms with E-state index in [9.17, 15) is 9.90 Å². The Morgan fingerprint density at radius 1 is 1.29 bits per heavy atom. The van der Waals surface area contributed by atoms with Crippen LogP contribution in [0.4, 0.5) is 0 Å². The molecule has 1 saturated heterocycles. The third kappa shape index (κ3) is 4.43. The van der Waals surface area contributed by atoms with Crippen molar-refractivity contribution in [3.05, 3.63) is 42.1 Å². The zero-order chi connectivity index (χ0) is 16.8. The van der Waals surface area contributed by atoms with Crippen LogP contribution in [0.5, 0.6) is 0 Å². The summed E-state index contributed by atoms with van der Waals surface area (Å²) in [6.45, 7) is 3.47. The zero-order valence-corrected chi connectivity index (χ0v) is 13.7. The number of likely N-dealkylation sites (tertiary alicyclic amines) is 1. The third-order valence-corrected chi connectivity index (χ3v) is 4.39. The number of aromatic amines is 1. The molecular weight excluding hydrogens is 304 g/mol. The molecule has 0 aliphatic carbocycles. The molecule has 0 atom stereocenters. The minimum atomic E-state index is -0.139. The molecule has 0 unspecified atom stereocenters. The first-order valence-electron chi connectivity index (χ1n) is 8.52. The first-order valence-corrected chi connectivity index (χ1v) is 8.52. The fourth-order valence-electron chi connectivity index (χ4n) is 2.94. The highest BCUT2D eigenvalue weighted by Gasteiger charge is 2.16. The quantitative estimate of drug-likeness (QED) is 0.704. The van der Waals surface area contributed by atoms with E-state index in [4.69, 9.17) is 0 Å². The molecule has 1 aliphatic rings. The molecule has 3 N–H and O–H groups in total. The summed E-state index contributed by atoms with van der Waals surface area (Å²) in [5.41, 5.74) is 2.24. The lowest BCUT2D eigenvalue weighted by Gasteiger charge is -2.29. The van der Waals surface area contributed by atoms with Crippen LogP contribution >= 0.6 is 0 Å². The molecule has 1 amide bonds. The monoisotopic (exact) mass is 328 g/mol. The van der Waals surface area contributed by atoms with Crippen LogP contribution in [0.25, 0.3) is 11.3 Å². The fourth-order valence-corrected chi connectivity index (χ4v) is 2.94. The summed E-state index contributed by atoms with van der Waals surface area (Å²) in [5, 5.41) is 19.4. The Kier molecular flexibility index (Phi) is 5.61. The average Bonchev–Trinajstić information content (AvgIpc) is 3.11. The highest BCUT2D eigenvalue weighted by Crippen LogP contribution is 2.16. The summed E-state index contributed by atoms with van der Waals surface area (Å²) in [5.74, 6) is -0.126. The van der Waals surface area contributed by atoms with Crippen molar-refractivity contribution in [1.82, 2.24) is 20.4 Å². The number of hydrogen-bond acceptors (Lipinski definition) is 4. The Morgan fingerprint density at radius 2 is 2.04 bits per heavy atom. The maximum absolute atomic E-state index is 12.2. The normalized spacial score (nSPS) is 16.2. The van der Waals surface area contributed by atoms with Crippen molar-refractivity contribution >= 4 is 5.91 Å². The summed E-state index contributed by atoms with van der Waals surface area (Å²) in [6.07, 6.45) is 2.47. The van der Waals surface area contributed by atoms with Gasteiger partial charge in [-0.15, -0.1) is 0 Å². The topological polar surface area (TPSA) is 81.2 Å². The smallest absolute Gasteiger partial charge is 0.269 e. The lowest BCUT2D eigenvalue weighted by molar-refractivity contribution is 0.0816. The van der Waals surface area contributed by atoms with Gasteiger partial charge in [-0.25, -0.2) is 0 Å². The van der Waals surface area contributed by atoms with Gasteiger partial charge in [-0.2, -0.15) is 5.10 Å². The van der Waals surface area contributed by atoms with Crippen molar-refractivity contribution in [1.29, 1.82) is 0 Å². The number of H-pyrrole nitrogens is 1. The molecule has 6 heteroatoms. The van der Waals surface area contributed by atoms with Gasteiger partial charge in [0.25, 0.3) is 5.91 Å². The van der Waals surface area contributed by atoms with E-state index < -0.39 is 0 Å². The van der Waals surface area contributed by atoms with Crippen LogP contribution in [0, 0.1) is 0 Å². The van der Waals surface area contributed by atoms with Gasteiger partial charge in [0, 0.05) is 25.2 Å². The van der Waals surface area contributed by atoms with Gasteiger partial charge in [0.2, 0.25) is 0 Å². The van der Waals surface area contributed by atoms with Crippen molar-refractivity contribution in [3.8, 4) is 11.3 Å². The average molecular weight is 328 g/mol. The van der Waals surface area contributed by atoms with Crippen LogP contribution in [0.1, 0.15) is 29.8 Å². The predicted molar refractivity (Wildman–Crippen MR) is 92.7 cm³/mol. The predicted octanol–water partition coefficient (Wildman–Crippen LogP) is 1.65. The number of aliphatic hydroxyl groups is 1. The molecule has 1 aromatic heterocycles. The molecule has 0 spiro atoms. The molecule has 6 nitrogen and oxygen atoms in total. The zero-order valence-electron chi connectivity index (χ0n) is 13.7. The van der Waals surface area contributed by atoms with E-state index in [-0.39, 0.29) is 12.0 Å². The Balaban J connectivity index is 1.42. The second-order valence-corrected chi connectivity index (χ2v) is 6.22. The first kappa shape index (κ1) is 16.7. The number of piperidine rings is 1. The lowest BCUT2D eigenvalue weighted by atomic mass is 10.1. The van der Waals surface area contributed by atoms with E-state index in [0.717, 1.165) is 50.2 Å². The number of aromatic nitrogens is 2. The van der Waals surface area contributed by atoms with Crippen molar-refractivity contribution < 1.29 is 9.90 Å². The second kappa shape index (κ2) is 8.08. The van der Waals surface area contributed by atoms with Gasteiger partial charge in [-0.3, -0.25) is 9.89 Å². The van der Waals surface area contributed by atoms with Crippen LogP contribution in [0.2, 0.25) is 0 Å². The lowest BCUT2D eigenvalue weighted by Crippen LogP contribution is -2.37.